The van der Waals surface area contributed by atoms with E-state index in [1.54, 1.807) is 0 Å². The molecule has 2 heterocycles. The van der Waals surface area contributed by atoms with E-state index in [4.69, 9.17) is 0 Å². The Morgan fingerprint density at radius 3 is 2.95 bits per heavy atom. The Balaban J connectivity index is 1.51. The van der Waals surface area contributed by atoms with Gasteiger partial charge < -0.3 is 9.88 Å². The predicted molar refractivity (Wildman–Crippen MR) is 78.7 cm³/mol. The predicted octanol–water partition coefficient (Wildman–Crippen LogP) is 2.84. The molecule has 0 radical (unpaired) electrons. The van der Waals surface area contributed by atoms with Crippen LogP contribution in [0.5, 0.6) is 0 Å². The van der Waals surface area contributed by atoms with Crippen molar-refractivity contribution in [3.8, 4) is 0 Å². The van der Waals surface area contributed by atoms with Gasteiger partial charge in [0.25, 0.3) is 5.91 Å². The lowest BCUT2D eigenvalue weighted by Gasteiger charge is -2.12. The molecule has 0 atom stereocenters. The number of carbonyl (C=O) groups excluding carboxylic acids is 1. The van der Waals surface area contributed by atoms with Crippen LogP contribution in [-0.4, -0.2) is 22.0 Å². The zero-order valence-electron chi connectivity index (χ0n) is 12.0. The normalized spacial score (nSPS) is 18.3. The van der Waals surface area contributed by atoms with Gasteiger partial charge in [-0.1, -0.05) is 11.6 Å². The maximum Gasteiger partial charge on any atom is 0.271 e. The van der Waals surface area contributed by atoms with Crippen LogP contribution in [0.1, 0.15) is 61.3 Å². The van der Waals surface area contributed by atoms with Gasteiger partial charge >= 0.3 is 0 Å². The molecule has 20 heavy (non-hydrogen) atoms. The number of nitrogens with one attached hydrogen (secondary N) is 1. The van der Waals surface area contributed by atoms with E-state index in [0.29, 0.717) is 5.69 Å². The topological polar surface area (TPSA) is 46.9 Å². The van der Waals surface area contributed by atoms with E-state index in [0.717, 1.165) is 31.8 Å². The number of aromatic nitrogens is 2. The fraction of sp³-hybridized carbons (Fsp3) is 0.625. The third-order valence-electron chi connectivity index (χ3n) is 4.26. The molecule has 0 fully saturated rings. The first kappa shape index (κ1) is 13.4. The molecule has 1 aromatic heterocycles. The van der Waals surface area contributed by atoms with Crippen LogP contribution in [0.3, 0.4) is 0 Å². The first-order valence-electron chi connectivity index (χ1n) is 7.85. The number of imidazole rings is 1. The summed E-state index contributed by atoms with van der Waals surface area (Å²) in [7, 11) is 0. The van der Waals surface area contributed by atoms with Crippen LogP contribution in [-0.2, 0) is 13.0 Å². The number of aryl methyl sites for hydroxylation is 2. The average molecular weight is 273 g/mol. The molecule has 0 spiro atoms. The van der Waals surface area contributed by atoms with Gasteiger partial charge in [0.05, 0.1) is 0 Å². The molecule has 4 heteroatoms. The molecule has 2 aliphatic rings. The summed E-state index contributed by atoms with van der Waals surface area (Å²) in [4.78, 5) is 16.6. The molecule has 3 rings (SSSR count). The minimum absolute atomic E-state index is 0.0247. The maximum absolute atomic E-state index is 12.1. The number of hydrogen-bond donors (Lipinski definition) is 1. The van der Waals surface area contributed by atoms with E-state index in [2.05, 4.69) is 20.9 Å². The molecule has 1 N–H and O–H groups in total. The van der Waals surface area contributed by atoms with Crippen LogP contribution < -0.4 is 5.32 Å². The molecule has 1 aromatic rings. The van der Waals surface area contributed by atoms with Gasteiger partial charge in [0.2, 0.25) is 0 Å². The van der Waals surface area contributed by atoms with Crippen LogP contribution in [0, 0.1) is 0 Å². The Kier molecular flexibility index (Phi) is 4.19. The largest absolute Gasteiger partial charge is 0.350 e. The minimum atomic E-state index is -0.0247. The van der Waals surface area contributed by atoms with Gasteiger partial charge in [-0.2, -0.15) is 0 Å². The van der Waals surface area contributed by atoms with Gasteiger partial charge in [-0.15, -0.1) is 0 Å². The van der Waals surface area contributed by atoms with E-state index >= 15 is 0 Å². The lowest BCUT2D eigenvalue weighted by Crippen LogP contribution is -2.25. The summed E-state index contributed by atoms with van der Waals surface area (Å²) in [5.74, 6) is 1.04. The molecule has 108 valence electrons. The Hall–Kier alpha value is -1.58. The van der Waals surface area contributed by atoms with E-state index in [1.165, 1.54) is 44.1 Å². The van der Waals surface area contributed by atoms with E-state index < -0.39 is 0 Å². The number of hydrogen-bond acceptors (Lipinski definition) is 2. The molecule has 0 saturated carbocycles. The summed E-state index contributed by atoms with van der Waals surface area (Å²) in [6.07, 6.45) is 13.6. The second-order valence-electron chi connectivity index (χ2n) is 5.81. The van der Waals surface area contributed by atoms with Gasteiger partial charge in [-0.3, -0.25) is 4.79 Å². The summed E-state index contributed by atoms with van der Waals surface area (Å²) in [6.45, 7) is 1.73. The summed E-state index contributed by atoms with van der Waals surface area (Å²) in [5.41, 5.74) is 2.08. The van der Waals surface area contributed by atoms with Crippen molar-refractivity contribution in [1.82, 2.24) is 14.9 Å². The van der Waals surface area contributed by atoms with Crippen molar-refractivity contribution >= 4 is 5.91 Å². The standard InChI is InChI=1S/C16H23N3O/c20-16(17-10-9-13-6-2-1-3-7-13)14-12-19-11-5-4-8-15(19)18-14/h6,12H,1-5,7-11H2,(H,17,20). The number of rotatable bonds is 4. The van der Waals surface area contributed by atoms with Crippen molar-refractivity contribution in [2.75, 3.05) is 6.54 Å². The monoisotopic (exact) mass is 273 g/mol. The van der Waals surface area contributed by atoms with Crippen LogP contribution >= 0.6 is 0 Å². The molecular formula is C16H23N3O. The average Bonchev–Trinajstić information content (AvgIpc) is 2.92. The van der Waals surface area contributed by atoms with Crippen LogP contribution in [0.25, 0.3) is 0 Å². The highest BCUT2D eigenvalue weighted by molar-refractivity contribution is 5.92. The molecule has 0 aromatic carbocycles. The quantitative estimate of drug-likeness (QED) is 0.857. The molecule has 1 amide bonds. The van der Waals surface area contributed by atoms with E-state index in [-0.39, 0.29) is 5.91 Å². The zero-order valence-corrected chi connectivity index (χ0v) is 12.0. The molecule has 0 bridgehead atoms. The second kappa shape index (κ2) is 6.25. The minimum Gasteiger partial charge on any atom is -0.350 e. The van der Waals surface area contributed by atoms with Crippen molar-refractivity contribution in [1.29, 1.82) is 0 Å². The molecule has 0 unspecified atom stereocenters. The van der Waals surface area contributed by atoms with Crippen molar-refractivity contribution in [2.45, 2.75) is 57.9 Å². The maximum atomic E-state index is 12.1. The Labute approximate surface area is 120 Å². The van der Waals surface area contributed by atoms with Crippen molar-refractivity contribution in [3.05, 3.63) is 29.4 Å². The van der Waals surface area contributed by atoms with Crippen molar-refractivity contribution < 1.29 is 4.79 Å². The highest BCUT2D eigenvalue weighted by Crippen LogP contribution is 2.19. The van der Waals surface area contributed by atoms with Gasteiger partial charge in [0.1, 0.15) is 11.5 Å². The first-order chi connectivity index (χ1) is 9.83. The van der Waals surface area contributed by atoms with Gasteiger partial charge in [0, 0.05) is 25.7 Å². The Morgan fingerprint density at radius 2 is 2.15 bits per heavy atom. The second-order valence-corrected chi connectivity index (χ2v) is 5.81. The SMILES string of the molecule is O=C(NCCC1=CCCCC1)c1cn2c(n1)CCCC2. The fourth-order valence-electron chi connectivity index (χ4n) is 3.08. The number of amides is 1. The van der Waals surface area contributed by atoms with Crippen LogP contribution in [0.15, 0.2) is 17.8 Å². The lowest BCUT2D eigenvalue weighted by atomic mass is 9.97. The van der Waals surface area contributed by atoms with Crippen LogP contribution in [0.4, 0.5) is 0 Å². The highest BCUT2D eigenvalue weighted by Gasteiger charge is 2.16. The number of nitrogens with zero attached hydrogens (tertiary/aromatic N) is 2. The summed E-state index contributed by atoms with van der Waals surface area (Å²) in [6, 6.07) is 0. The summed E-state index contributed by atoms with van der Waals surface area (Å²) in [5, 5.41) is 3.00. The molecule has 1 aliphatic heterocycles. The first-order valence-corrected chi connectivity index (χ1v) is 7.85. The summed E-state index contributed by atoms with van der Waals surface area (Å²) >= 11 is 0. The molecular weight excluding hydrogens is 250 g/mol. The lowest BCUT2D eigenvalue weighted by molar-refractivity contribution is 0.0949. The molecule has 0 saturated heterocycles. The van der Waals surface area contributed by atoms with Gasteiger partial charge in [-0.25, -0.2) is 4.98 Å². The zero-order chi connectivity index (χ0) is 13.8. The smallest absolute Gasteiger partial charge is 0.271 e. The molecule has 4 nitrogen and oxygen atoms in total. The number of allylic oxidation sites excluding steroid dienone is 1. The third-order valence-corrected chi connectivity index (χ3v) is 4.26. The Bertz CT molecular complexity index is 492. The summed E-state index contributed by atoms with van der Waals surface area (Å²) < 4.78 is 2.13. The molecule has 1 aliphatic carbocycles. The fourth-order valence-corrected chi connectivity index (χ4v) is 3.08. The number of carbonyl (C=O) groups is 1. The van der Waals surface area contributed by atoms with Crippen LogP contribution in [0.2, 0.25) is 0 Å². The van der Waals surface area contributed by atoms with E-state index in [1.807, 2.05) is 6.20 Å². The van der Waals surface area contributed by atoms with E-state index in [9.17, 15) is 4.79 Å². The van der Waals surface area contributed by atoms with Gasteiger partial charge in [-0.05, 0) is 44.9 Å². The number of fused-ring (bicyclic) bond motifs is 1. The van der Waals surface area contributed by atoms with Gasteiger partial charge in [0.15, 0.2) is 0 Å². The third kappa shape index (κ3) is 3.11. The van der Waals surface area contributed by atoms with Crippen molar-refractivity contribution in [2.24, 2.45) is 0 Å². The highest BCUT2D eigenvalue weighted by atomic mass is 16.1. The Morgan fingerprint density at radius 1 is 1.25 bits per heavy atom. The van der Waals surface area contributed by atoms with Crippen molar-refractivity contribution in [3.63, 3.8) is 0 Å².